The van der Waals surface area contributed by atoms with Crippen molar-refractivity contribution in [2.75, 3.05) is 6.61 Å². The van der Waals surface area contributed by atoms with Gasteiger partial charge in [-0.05, 0) is 30.7 Å². The lowest BCUT2D eigenvalue weighted by molar-refractivity contribution is -0.123. The maximum absolute atomic E-state index is 13.3. The van der Waals surface area contributed by atoms with Gasteiger partial charge in [-0.2, -0.15) is 5.10 Å². The Bertz CT molecular complexity index is 656. The SMILES string of the molecule is Cc1cccc(OCC(=O)N/N=C/c2ccccc2F)c1. The van der Waals surface area contributed by atoms with Crippen LogP contribution in [-0.2, 0) is 4.79 Å². The van der Waals surface area contributed by atoms with Crippen LogP contribution >= 0.6 is 0 Å². The number of aryl methyl sites for hydroxylation is 1. The third-order valence-corrected chi connectivity index (χ3v) is 2.66. The molecule has 1 N–H and O–H groups in total. The molecule has 0 saturated carbocycles. The summed E-state index contributed by atoms with van der Waals surface area (Å²) in [7, 11) is 0. The fraction of sp³-hybridized carbons (Fsp3) is 0.125. The minimum absolute atomic E-state index is 0.155. The molecule has 0 radical (unpaired) electrons. The zero-order valence-corrected chi connectivity index (χ0v) is 11.5. The predicted molar refractivity (Wildman–Crippen MR) is 78.8 cm³/mol. The summed E-state index contributed by atoms with van der Waals surface area (Å²) in [5.74, 6) is -0.196. The summed E-state index contributed by atoms with van der Waals surface area (Å²) < 4.78 is 18.6. The van der Waals surface area contributed by atoms with Crippen molar-refractivity contribution in [3.63, 3.8) is 0 Å². The molecule has 0 unspecified atom stereocenters. The summed E-state index contributed by atoms with van der Waals surface area (Å²) in [6.07, 6.45) is 1.25. The van der Waals surface area contributed by atoms with Crippen LogP contribution in [0.1, 0.15) is 11.1 Å². The van der Waals surface area contributed by atoms with E-state index in [4.69, 9.17) is 4.74 Å². The van der Waals surface area contributed by atoms with E-state index in [-0.39, 0.29) is 6.61 Å². The first-order valence-corrected chi connectivity index (χ1v) is 6.41. The fourth-order valence-electron chi connectivity index (χ4n) is 1.64. The lowest BCUT2D eigenvalue weighted by Gasteiger charge is -2.05. The van der Waals surface area contributed by atoms with Gasteiger partial charge in [-0.3, -0.25) is 4.79 Å². The van der Waals surface area contributed by atoms with Crippen LogP contribution in [-0.4, -0.2) is 18.7 Å². The third kappa shape index (κ3) is 4.72. The molecule has 5 heteroatoms. The Morgan fingerprint density at radius 3 is 2.86 bits per heavy atom. The second kappa shape index (κ2) is 7.19. The smallest absolute Gasteiger partial charge is 0.277 e. The molecule has 2 rings (SSSR count). The number of amides is 1. The summed E-state index contributed by atoms with van der Waals surface area (Å²) in [4.78, 5) is 11.5. The monoisotopic (exact) mass is 286 g/mol. The largest absolute Gasteiger partial charge is 0.484 e. The first-order chi connectivity index (χ1) is 10.1. The molecule has 0 atom stereocenters. The molecule has 108 valence electrons. The van der Waals surface area contributed by atoms with Gasteiger partial charge in [0.2, 0.25) is 0 Å². The zero-order valence-electron chi connectivity index (χ0n) is 11.5. The van der Waals surface area contributed by atoms with E-state index in [1.807, 2.05) is 25.1 Å². The van der Waals surface area contributed by atoms with E-state index in [9.17, 15) is 9.18 Å². The van der Waals surface area contributed by atoms with Crippen LogP contribution in [0.25, 0.3) is 0 Å². The van der Waals surface area contributed by atoms with Gasteiger partial charge in [-0.25, -0.2) is 9.82 Å². The van der Waals surface area contributed by atoms with E-state index in [1.165, 1.54) is 12.3 Å². The number of rotatable bonds is 5. The Kier molecular flexibility index (Phi) is 5.04. The number of nitrogens with zero attached hydrogens (tertiary/aromatic N) is 1. The number of hydrazone groups is 1. The summed E-state index contributed by atoms with van der Waals surface area (Å²) in [6.45, 7) is 1.78. The molecule has 1 amide bonds. The van der Waals surface area contributed by atoms with Crippen molar-refractivity contribution in [1.29, 1.82) is 0 Å². The highest BCUT2D eigenvalue weighted by molar-refractivity contribution is 5.83. The maximum atomic E-state index is 13.3. The fourth-order valence-corrected chi connectivity index (χ4v) is 1.64. The van der Waals surface area contributed by atoms with E-state index in [1.54, 1.807) is 24.3 Å². The molecule has 0 spiro atoms. The molecule has 4 nitrogen and oxygen atoms in total. The minimum Gasteiger partial charge on any atom is -0.484 e. The van der Waals surface area contributed by atoms with Gasteiger partial charge in [0.05, 0.1) is 6.21 Å². The minimum atomic E-state index is -0.413. The Morgan fingerprint density at radius 1 is 1.29 bits per heavy atom. The lowest BCUT2D eigenvalue weighted by atomic mass is 10.2. The Labute approximate surface area is 122 Å². The summed E-state index contributed by atoms with van der Waals surface area (Å²) >= 11 is 0. The number of nitrogens with one attached hydrogen (secondary N) is 1. The van der Waals surface area contributed by atoms with Crippen molar-refractivity contribution in [3.8, 4) is 5.75 Å². The molecular weight excluding hydrogens is 271 g/mol. The first-order valence-electron chi connectivity index (χ1n) is 6.41. The average Bonchev–Trinajstić information content (AvgIpc) is 2.47. The quantitative estimate of drug-likeness (QED) is 0.678. The van der Waals surface area contributed by atoms with Gasteiger partial charge in [0.1, 0.15) is 11.6 Å². The molecule has 0 aliphatic heterocycles. The molecule has 0 fully saturated rings. The van der Waals surface area contributed by atoms with Crippen molar-refractivity contribution in [3.05, 3.63) is 65.5 Å². The lowest BCUT2D eigenvalue weighted by Crippen LogP contribution is -2.24. The van der Waals surface area contributed by atoms with Crippen molar-refractivity contribution >= 4 is 12.1 Å². The molecule has 0 aromatic heterocycles. The molecule has 21 heavy (non-hydrogen) atoms. The van der Waals surface area contributed by atoms with Crippen LogP contribution in [0.5, 0.6) is 5.75 Å². The topological polar surface area (TPSA) is 50.7 Å². The number of hydrogen-bond donors (Lipinski definition) is 1. The Morgan fingerprint density at radius 2 is 2.10 bits per heavy atom. The van der Waals surface area contributed by atoms with Gasteiger partial charge in [0.25, 0.3) is 5.91 Å². The third-order valence-electron chi connectivity index (χ3n) is 2.66. The van der Waals surface area contributed by atoms with Crippen LogP contribution in [0.4, 0.5) is 4.39 Å². The summed E-state index contributed by atoms with van der Waals surface area (Å²) in [5, 5.41) is 3.69. The predicted octanol–water partition coefficient (Wildman–Crippen LogP) is 2.66. The second-order valence-corrected chi connectivity index (χ2v) is 4.42. The van der Waals surface area contributed by atoms with Crippen LogP contribution in [0.3, 0.4) is 0 Å². The molecule has 0 bridgehead atoms. The highest BCUT2D eigenvalue weighted by Gasteiger charge is 2.02. The number of benzene rings is 2. The van der Waals surface area contributed by atoms with Crippen LogP contribution in [0.15, 0.2) is 53.6 Å². The van der Waals surface area contributed by atoms with Gasteiger partial charge in [-0.1, -0.05) is 30.3 Å². The van der Waals surface area contributed by atoms with Crippen LogP contribution in [0.2, 0.25) is 0 Å². The van der Waals surface area contributed by atoms with E-state index in [0.29, 0.717) is 11.3 Å². The molecule has 0 saturated heterocycles. The standard InChI is InChI=1S/C16H15FN2O2/c1-12-5-4-7-14(9-12)21-11-16(20)19-18-10-13-6-2-3-8-15(13)17/h2-10H,11H2,1H3,(H,19,20)/b18-10+. The van der Waals surface area contributed by atoms with E-state index in [0.717, 1.165) is 5.56 Å². The molecule has 0 aliphatic carbocycles. The number of carbonyl (C=O) groups excluding carboxylic acids is 1. The van der Waals surface area contributed by atoms with Crippen LogP contribution < -0.4 is 10.2 Å². The van der Waals surface area contributed by atoms with Gasteiger partial charge < -0.3 is 4.74 Å². The van der Waals surface area contributed by atoms with Gasteiger partial charge in [-0.15, -0.1) is 0 Å². The van der Waals surface area contributed by atoms with Gasteiger partial charge in [0.15, 0.2) is 6.61 Å². The Balaban J connectivity index is 1.81. The van der Waals surface area contributed by atoms with Crippen molar-refractivity contribution in [2.24, 2.45) is 5.10 Å². The van der Waals surface area contributed by atoms with E-state index in [2.05, 4.69) is 10.5 Å². The molecule has 2 aromatic carbocycles. The number of carbonyl (C=O) groups is 1. The first kappa shape index (κ1) is 14.7. The highest BCUT2D eigenvalue weighted by Crippen LogP contribution is 2.11. The molecule has 2 aromatic rings. The number of ether oxygens (including phenoxy) is 1. The molecule has 0 aliphatic rings. The second-order valence-electron chi connectivity index (χ2n) is 4.42. The zero-order chi connectivity index (χ0) is 15.1. The van der Waals surface area contributed by atoms with E-state index >= 15 is 0 Å². The number of hydrogen-bond acceptors (Lipinski definition) is 3. The molecule has 0 heterocycles. The highest BCUT2D eigenvalue weighted by atomic mass is 19.1. The molecular formula is C16H15FN2O2. The Hall–Kier alpha value is -2.69. The maximum Gasteiger partial charge on any atom is 0.277 e. The van der Waals surface area contributed by atoms with Gasteiger partial charge >= 0.3 is 0 Å². The summed E-state index contributed by atoms with van der Waals surface area (Å²) in [6, 6.07) is 13.5. The average molecular weight is 286 g/mol. The van der Waals surface area contributed by atoms with Crippen molar-refractivity contribution in [1.82, 2.24) is 5.43 Å². The van der Waals surface area contributed by atoms with Crippen molar-refractivity contribution < 1.29 is 13.9 Å². The van der Waals surface area contributed by atoms with E-state index < -0.39 is 11.7 Å². The van der Waals surface area contributed by atoms with Crippen molar-refractivity contribution in [2.45, 2.75) is 6.92 Å². The summed E-state index contributed by atoms with van der Waals surface area (Å²) in [5.41, 5.74) is 3.63. The normalized spacial score (nSPS) is 10.6. The number of halogens is 1. The van der Waals surface area contributed by atoms with Crippen LogP contribution in [0, 0.1) is 12.7 Å². The van der Waals surface area contributed by atoms with Gasteiger partial charge in [0, 0.05) is 5.56 Å².